The Balaban J connectivity index is 2.05. The van der Waals surface area contributed by atoms with Crippen molar-refractivity contribution >= 4 is 11.6 Å². The van der Waals surface area contributed by atoms with E-state index in [1.54, 1.807) is 0 Å². The Hall–Kier alpha value is 0.290. The topological polar surface area (TPSA) is 0 Å². The normalized spacial score (nSPS) is 23.5. The molecule has 1 aliphatic carbocycles. The van der Waals surface area contributed by atoms with Crippen molar-refractivity contribution < 1.29 is 0 Å². The van der Waals surface area contributed by atoms with Crippen LogP contribution < -0.4 is 0 Å². The molecule has 1 aliphatic rings. The van der Waals surface area contributed by atoms with Crippen LogP contribution in [0.1, 0.15) is 51.9 Å². The highest BCUT2D eigenvalue weighted by molar-refractivity contribution is 6.20. The van der Waals surface area contributed by atoms with Crippen molar-refractivity contribution in [2.45, 2.75) is 57.2 Å². The van der Waals surface area contributed by atoms with E-state index in [4.69, 9.17) is 11.6 Å². The third-order valence-corrected chi connectivity index (χ3v) is 2.92. The second-order valence-corrected chi connectivity index (χ2v) is 4.61. The zero-order valence-corrected chi connectivity index (χ0v) is 8.24. The summed E-state index contributed by atoms with van der Waals surface area (Å²) in [6, 6.07) is 0. The summed E-state index contributed by atoms with van der Waals surface area (Å²) in [5.74, 6) is 1.00. The van der Waals surface area contributed by atoms with Gasteiger partial charge in [-0.25, -0.2) is 0 Å². The first-order valence-electron chi connectivity index (χ1n) is 4.93. The minimum Gasteiger partial charge on any atom is -0.123 e. The highest BCUT2D eigenvalue weighted by atomic mass is 35.5. The Morgan fingerprint density at radius 2 is 1.91 bits per heavy atom. The fourth-order valence-corrected chi connectivity index (χ4v) is 2.07. The van der Waals surface area contributed by atoms with Crippen molar-refractivity contribution in [2.24, 2.45) is 5.92 Å². The van der Waals surface area contributed by atoms with Gasteiger partial charge in [0.25, 0.3) is 0 Å². The SMILES string of the molecule is CC(Cl)CCC1CCCCC1. The summed E-state index contributed by atoms with van der Waals surface area (Å²) in [7, 11) is 0. The first-order valence-corrected chi connectivity index (χ1v) is 5.36. The molecule has 0 aromatic rings. The van der Waals surface area contributed by atoms with Gasteiger partial charge in [-0.3, -0.25) is 0 Å². The van der Waals surface area contributed by atoms with Crippen LogP contribution in [-0.4, -0.2) is 5.38 Å². The maximum atomic E-state index is 5.90. The van der Waals surface area contributed by atoms with Crippen molar-refractivity contribution in [3.8, 4) is 0 Å². The summed E-state index contributed by atoms with van der Waals surface area (Å²) in [5.41, 5.74) is 0. The first kappa shape index (κ1) is 9.38. The quantitative estimate of drug-likeness (QED) is 0.568. The van der Waals surface area contributed by atoms with E-state index in [1.165, 1.54) is 44.9 Å². The molecule has 0 spiro atoms. The Morgan fingerprint density at radius 3 is 2.45 bits per heavy atom. The summed E-state index contributed by atoms with van der Waals surface area (Å²) in [4.78, 5) is 0. The largest absolute Gasteiger partial charge is 0.123 e. The molecule has 0 aliphatic heterocycles. The number of alkyl halides is 1. The van der Waals surface area contributed by atoms with Crippen LogP contribution >= 0.6 is 11.6 Å². The van der Waals surface area contributed by atoms with Crippen LogP contribution in [0.4, 0.5) is 0 Å². The Labute approximate surface area is 75.3 Å². The lowest BCUT2D eigenvalue weighted by Crippen LogP contribution is -2.07. The molecular weight excluding hydrogens is 156 g/mol. The summed E-state index contributed by atoms with van der Waals surface area (Å²) < 4.78 is 0. The fourth-order valence-electron chi connectivity index (χ4n) is 1.94. The predicted molar refractivity (Wildman–Crippen MR) is 51.1 cm³/mol. The molecule has 1 fully saturated rings. The van der Waals surface area contributed by atoms with E-state index in [9.17, 15) is 0 Å². The molecule has 1 unspecified atom stereocenters. The van der Waals surface area contributed by atoms with E-state index in [0.29, 0.717) is 5.38 Å². The lowest BCUT2D eigenvalue weighted by molar-refractivity contribution is 0.332. The molecule has 0 heterocycles. The van der Waals surface area contributed by atoms with Gasteiger partial charge in [-0.15, -0.1) is 11.6 Å². The molecule has 0 N–H and O–H groups in total. The van der Waals surface area contributed by atoms with Gasteiger partial charge in [-0.1, -0.05) is 32.1 Å². The third-order valence-electron chi connectivity index (χ3n) is 2.70. The predicted octanol–water partition coefficient (Wildman–Crippen LogP) is 3.97. The zero-order valence-electron chi connectivity index (χ0n) is 7.48. The van der Waals surface area contributed by atoms with Gasteiger partial charge in [0.2, 0.25) is 0 Å². The van der Waals surface area contributed by atoms with Crippen LogP contribution in [0.5, 0.6) is 0 Å². The second-order valence-electron chi connectivity index (χ2n) is 3.86. The number of rotatable bonds is 3. The summed E-state index contributed by atoms with van der Waals surface area (Å²) >= 11 is 5.90. The van der Waals surface area contributed by atoms with Gasteiger partial charge in [0.1, 0.15) is 0 Å². The van der Waals surface area contributed by atoms with E-state index < -0.39 is 0 Å². The van der Waals surface area contributed by atoms with Gasteiger partial charge in [0.15, 0.2) is 0 Å². The Bertz CT molecular complexity index is 93.0. The second kappa shape index (κ2) is 5.03. The van der Waals surface area contributed by atoms with Gasteiger partial charge < -0.3 is 0 Å². The van der Waals surface area contributed by atoms with Crippen LogP contribution in [-0.2, 0) is 0 Å². The molecule has 0 radical (unpaired) electrons. The van der Waals surface area contributed by atoms with E-state index >= 15 is 0 Å². The van der Waals surface area contributed by atoms with E-state index in [2.05, 4.69) is 6.92 Å². The number of halogens is 1. The van der Waals surface area contributed by atoms with Gasteiger partial charge in [-0.2, -0.15) is 0 Å². The van der Waals surface area contributed by atoms with Gasteiger partial charge >= 0.3 is 0 Å². The molecule has 0 aromatic heterocycles. The minimum absolute atomic E-state index is 0.386. The molecule has 0 aromatic carbocycles. The molecular formula is C10H19Cl. The van der Waals surface area contributed by atoms with Crippen LogP contribution in [0.3, 0.4) is 0 Å². The summed E-state index contributed by atoms with van der Waals surface area (Å²) in [6.07, 6.45) is 9.89. The summed E-state index contributed by atoms with van der Waals surface area (Å²) in [6.45, 7) is 2.10. The Kier molecular flexibility index (Phi) is 4.29. The average Bonchev–Trinajstić information content (AvgIpc) is 2.03. The molecule has 1 heteroatoms. The molecule has 0 nitrogen and oxygen atoms in total. The van der Waals surface area contributed by atoms with Crippen molar-refractivity contribution in [2.75, 3.05) is 0 Å². The first-order chi connectivity index (χ1) is 5.29. The van der Waals surface area contributed by atoms with Crippen molar-refractivity contribution in [3.63, 3.8) is 0 Å². The van der Waals surface area contributed by atoms with E-state index in [1.807, 2.05) is 0 Å². The maximum Gasteiger partial charge on any atom is 0.0307 e. The van der Waals surface area contributed by atoms with E-state index in [-0.39, 0.29) is 0 Å². The standard InChI is InChI=1S/C10H19Cl/c1-9(11)7-8-10-5-3-2-4-6-10/h9-10H,2-8H2,1H3. The molecule has 11 heavy (non-hydrogen) atoms. The lowest BCUT2D eigenvalue weighted by atomic mass is 9.86. The van der Waals surface area contributed by atoms with E-state index in [0.717, 1.165) is 5.92 Å². The molecule has 1 rings (SSSR count). The average molecular weight is 175 g/mol. The minimum atomic E-state index is 0.386. The monoisotopic (exact) mass is 174 g/mol. The van der Waals surface area contributed by atoms with Crippen LogP contribution in [0.25, 0.3) is 0 Å². The molecule has 0 amide bonds. The molecule has 1 atom stereocenters. The van der Waals surface area contributed by atoms with Crippen molar-refractivity contribution in [1.82, 2.24) is 0 Å². The highest BCUT2D eigenvalue weighted by Gasteiger charge is 2.13. The molecule has 1 saturated carbocycles. The van der Waals surface area contributed by atoms with Crippen LogP contribution in [0.15, 0.2) is 0 Å². The lowest BCUT2D eigenvalue weighted by Gasteiger charge is -2.21. The molecule has 0 saturated heterocycles. The smallest absolute Gasteiger partial charge is 0.0307 e. The highest BCUT2D eigenvalue weighted by Crippen LogP contribution is 2.28. The summed E-state index contributed by atoms with van der Waals surface area (Å²) in [5, 5.41) is 0.386. The Morgan fingerprint density at radius 1 is 1.27 bits per heavy atom. The molecule has 66 valence electrons. The third kappa shape index (κ3) is 4.00. The number of hydrogen-bond acceptors (Lipinski definition) is 0. The van der Waals surface area contributed by atoms with Crippen LogP contribution in [0, 0.1) is 5.92 Å². The van der Waals surface area contributed by atoms with Crippen molar-refractivity contribution in [3.05, 3.63) is 0 Å². The fraction of sp³-hybridized carbons (Fsp3) is 1.00. The number of hydrogen-bond donors (Lipinski definition) is 0. The van der Waals surface area contributed by atoms with Crippen LogP contribution in [0.2, 0.25) is 0 Å². The van der Waals surface area contributed by atoms with Gasteiger partial charge in [-0.05, 0) is 25.7 Å². The van der Waals surface area contributed by atoms with Gasteiger partial charge in [0, 0.05) is 5.38 Å². The zero-order chi connectivity index (χ0) is 8.10. The maximum absolute atomic E-state index is 5.90. The molecule has 0 bridgehead atoms. The van der Waals surface area contributed by atoms with Crippen molar-refractivity contribution in [1.29, 1.82) is 0 Å². The van der Waals surface area contributed by atoms with Gasteiger partial charge in [0.05, 0.1) is 0 Å².